The number of benzene rings is 1. The maximum Gasteiger partial charge on any atom is 0.136 e. The van der Waals surface area contributed by atoms with Crippen LogP contribution >= 0.6 is 11.8 Å². The Morgan fingerprint density at radius 2 is 1.89 bits per heavy atom. The second-order valence-corrected chi connectivity index (χ2v) is 4.79. The predicted molar refractivity (Wildman–Crippen MR) is 72.3 cm³/mol. The van der Waals surface area contributed by atoms with E-state index in [9.17, 15) is 0 Å². The Kier molecular flexibility index (Phi) is 4.15. The summed E-state index contributed by atoms with van der Waals surface area (Å²) in [6.07, 6.45) is 3.88. The van der Waals surface area contributed by atoms with E-state index in [0.29, 0.717) is 0 Å². The van der Waals surface area contributed by atoms with Gasteiger partial charge in [0.2, 0.25) is 0 Å². The molecule has 0 unspecified atom stereocenters. The molecule has 0 aliphatic carbocycles. The molecular formula is C13H16N2O2S. The SMILES string of the molecule is COc1cccc(OC)c1SCc1cnn(C)c1. The molecule has 96 valence electrons. The smallest absolute Gasteiger partial charge is 0.136 e. The Bertz CT molecular complexity index is 503. The van der Waals surface area contributed by atoms with Crippen molar-refractivity contribution in [3.05, 3.63) is 36.2 Å². The summed E-state index contributed by atoms with van der Waals surface area (Å²) in [7, 11) is 5.25. The lowest BCUT2D eigenvalue weighted by Crippen LogP contribution is -1.91. The van der Waals surface area contributed by atoms with Gasteiger partial charge in [0.05, 0.1) is 25.3 Å². The van der Waals surface area contributed by atoms with Crippen LogP contribution in [0, 0.1) is 0 Å². The highest BCUT2D eigenvalue weighted by molar-refractivity contribution is 7.98. The zero-order valence-corrected chi connectivity index (χ0v) is 11.5. The molecule has 0 amide bonds. The second kappa shape index (κ2) is 5.82. The molecule has 18 heavy (non-hydrogen) atoms. The molecular weight excluding hydrogens is 248 g/mol. The van der Waals surface area contributed by atoms with Crippen molar-refractivity contribution in [2.75, 3.05) is 14.2 Å². The van der Waals surface area contributed by atoms with Crippen LogP contribution in [-0.2, 0) is 12.8 Å². The summed E-state index contributed by atoms with van der Waals surface area (Å²) in [5.41, 5.74) is 1.18. The Morgan fingerprint density at radius 1 is 1.22 bits per heavy atom. The summed E-state index contributed by atoms with van der Waals surface area (Å²) in [6, 6.07) is 5.80. The third kappa shape index (κ3) is 2.79. The number of aryl methyl sites for hydroxylation is 1. The van der Waals surface area contributed by atoms with Gasteiger partial charge in [0.1, 0.15) is 11.5 Å². The zero-order chi connectivity index (χ0) is 13.0. The van der Waals surface area contributed by atoms with Crippen LogP contribution in [0.4, 0.5) is 0 Å². The van der Waals surface area contributed by atoms with E-state index in [-0.39, 0.29) is 0 Å². The van der Waals surface area contributed by atoms with E-state index in [0.717, 1.165) is 22.1 Å². The number of ether oxygens (including phenoxy) is 2. The predicted octanol–water partition coefficient (Wildman–Crippen LogP) is 2.73. The summed E-state index contributed by atoms with van der Waals surface area (Å²) in [5.74, 6) is 2.51. The first-order valence-corrected chi connectivity index (χ1v) is 6.54. The van der Waals surface area contributed by atoms with E-state index in [1.807, 2.05) is 37.6 Å². The van der Waals surface area contributed by atoms with Crippen LogP contribution in [0.1, 0.15) is 5.56 Å². The standard InChI is InChI=1S/C13H16N2O2S/c1-15-8-10(7-14-15)9-18-13-11(16-2)5-4-6-12(13)17-3/h4-8H,9H2,1-3H3. The number of rotatable bonds is 5. The minimum absolute atomic E-state index is 0.836. The van der Waals surface area contributed by atoms with E-state index in [2.05, 4.69) is 5.10 Å². The number of thioether (sulfide) groups is 1. The third-order valence-corrected chi connectivity index (χ3v) is 3.69. The molecule has 0 aliphatic rings. The Balaban J connectivity index is 2.17. The molecule has 0 N–H and O–H groups in total. The van der Waals surface area contributed by atoms with E-state index >= 15 is 0 Å². The fraction of sp³-hybridized carbons (Fsp3) is 0.308. The third-order valence-electron chi connectivity index (χ3n) is 2.52. The van der Waals surface area contributed by atoms with Gasteiger partial charge >= 0.3 is 0 Å². The number of hydrogen-bond donors (Lipinski definition) is 0. The fourth-order valence-electron chi connectivity index (χ4n) is 1.66. The Labute approximate surface area is 111 Å². The van der Waals surface area contributed by atoms with Crippen LogP contribution in [0.3, 0.4) is 0 Å². The van der Waals surface area contributed by atoms with Crippen molar-refractivity contribution < 1.29 is 9.47 Å². The quantitative estimate of drug-likeness (QED) is 0.778. The van der Waals surface area contributed by atoms with Crippen molar-refractivity contribution in [2.24, 2.45) is 7.05 Å². The van der Waals surface area contributed by atoms with E-state index in [1.54, 1.807) is 30.7 Å². The molecule has 4 nitrogen and oxygen atoms in total. The van der Waals surface area contributed by atoms with Crippen molar-refractivity contribution >= 4 is 11.8 Å². The first-order valence-electron chi connectivity index (χ1n) is 5.56. The van der Waals surface area contributed by atoms with Crippen LogP contribution in [0.15, 0.2) is 35.5 Å². The highest BCUT2D eigenvalue weighted by atomic mass is 32.2. The van der Waals surface area contributed by atoms with Gasteiger partial charge in [0.15, 0.2) is 0 Å². The summed E-state index contributed by atoms with van der Waals surface area (Å²) in [6.45, 7) is 0. The van der Waals surface area contributed by atoms with Gasteiger partial charge in [-0.1, -0.05) is 6.07 Å². The maximum atomic E-state index is 5.36. The van der Waals surface area contributed by atoms with Crippen molar-refractivity contribution in [2.45, 2.75) is 10.6 Å². The molecule has 0 bridgehead atoms. The van der Waals surface area contributed by atoms with Gasteiger partial charge in [0.25, 0.3) is 0 Å². The van der Waals surface area contributed by atoms with Crippen molar-refractivity contribution in [3.8, 4) is 11.5 Å². The molecule has 5 heteroatoms. The molecule has 0 saturated carbocycles. The molecule has 2 aromatic rings. The van der Waals surface area contributed by atoms with E-state index < -0.39 is 0 Å². The Hall–Kier alpha value is -1.62. The van der Waals surface area contributed by atoms with Crippen molar-refractivity contribution in [1.29, 1.82) is 0 Å². The molecule has 0 fully saturated rings. The monoisotopic (exact) mass is 264 g/mol. The molecule has 2 rings (SSSR count). The molecule has 1 heterocycles. The van der Waals surface area contributed by atoms with E-state index in [4.69, 9.17) is 9.47 Å². The van der Waals surface area contributed by atoms with Gasteiger partial charge in [-0.15, -0.1) is 11.8 Å². The summed E-state index contributed by atoms with van der Waals surface area (Å²) >= 11 is 1.69. The number of nitrogens with zero attached hydrogens (tertiary/aromatic N) is 2. The topological polar surface area (TPSA) is 36.3 Å². The highest BCUT2D eigenvalue weighted by Crippen LogP contribution is 2.38. The summed E-state index contributed by atoms with van der Waals surface area (Å²) in [4.78, 5) is 1.02. The van der Waals surface area contributed by atoms with E-state index in [1.165, 1.54) is 5.56 Å². The van der Waals surface area contributed by atoms with Crippen LogP contribution in [-0.4, -0.2) is 24.0 Å². The second-order valence-electron chi connectivity index (χ2n) is 3.80. The molecule has 0 spiro atoms. The average Bonchev–Trinajstić information content (AvgIpc) is 2.81. The molecule has 0 aliphatic heterocycles. The first-order chi connectivity index (χ1) is 8.74. The molecule has 0 atom stereocenters. The lowest BCUT2D eigenvalue weighted by molar-refractivity contribution is 0.376. The zero-order valence-electron chi connectivity index (χ0n) is 10.7. The van der Waals surface area contributed by atoms with Gasteiger partial charge in [-0.05, 0) is 12.1 Å². The van der Waals surface area contributed by atoms with Crippen LogP contribution < -0.4 is 9.47 Å². The minimum Gasteiger partial charge on any atom is -0.495 e. The van der Waals surface area contributed by atoms with Gasteiger partial charge in [-0.3, -0.25) is 4.68 Å². The van der Waals surface area contributed by atoms with Crippen LogP contribution in [0.5, 0.6) is 11.5 Å². The highest BCUT2D eigenvalue weighted by Gasteiger charge is 2.10. The lowest BCUT2D eigenvalue weighted by atomic mass is 10.3. The summed E-state index contributed by atoms with van der Waals surface area (Å²) < 4.78 is 12.5. The molecule has 0 saturated heterocycles. The number of methoxy groups -OCH3 is 2. The molecule has 1 aromatic carbocycles. The normalized spacial score (nSPS) is 10.4. The van der Waals surface area contributed by atoms with Gasteiger partial charge in [-0.25, -0.2) is 0 Å². The number of hydrogen-bond acceptors (Lipinski definition) is 4. The molecule has 1 aromatic heterocycles. The van der Waals surface area contributed by atoms with Gasteiger partial charge in [-0.2, -0.15) is 5.10 Å². The fourth-order valence-corrected chi connectivity index (χ4v) is 2.71. The van der Waals surface area contributed by atoms with Gasteiger partial charge < -0.3 is 9.47 Å². The molecule has 0 radical (unpaired) electrons. The minimum atomic E-state index is 0.836. The lowest BCUT2D eigenvalue weighted by Gasteiger charge is -2.11. The number of aromatic nitrogens is 2. The van der Waals surface area contributed by atoms with Crippen molar-refractivity contribution in [3.63, 3.8) is 0 Å². The first kappa shape index (κ1) is 12.8. The van der Waals surface area contributed by atoms with Crippen LogP contribution in [0.25, 0.3) is 0 Å². The summed E-state index contributed by atoms with van der Waals surface area (Å²) in [5, 5.41) is 4.15. The van der Waals surface area contributed by atoms with Crippen LogP contribution in [0.2, 0.25) is 0 Å². The maximum absolute atomic E-state index is 5.36. The van der Waals surface area contributed by atoms with Crippen molar-refractivity contribution in [1.82, 2.24) is 9.78 Å². The average molecular weight is 264 g/mol. The largest absolute Gasteiger partial charge is 0.495 e. The van der Waals surface area contributed by atoms with Gasteiger partial charge in [0, 0.05) is 24.6 Å². The Morgan fingerprint density at radius 3 is 2.39 bits per heavy atom.